The van der Waals surface area contributed by atoms with Gasteiger partial charge in [0, 0.05) is 12.2 Å². The van der Waals surface area contributed by atoms with Gasteiger partial charge in [0.1, 0.15) is 12.4 Å². The summed E-state index contributed by atoms with van der Waals surface area (Å²) in [6.45, 7) is -2.60. The molecule has 2 aromatic carbocycles. The maximum absolute atomic E-state index is 13.7. The minimum absolute atomic E-state index is 0.324. The van der Waals surface area contributed by atoms with Gasteiger partial charge in [-0.3, -0.25) is 0 Å². The first-order valence-electron chi connectivity index (χ1n) is 7.90. The minimum Gasteiger partial charge on any atom is -0.358 e. The molecule has 0 N–H and O–H groups in total. The topological polar surface area (TPSA) is 27.0 Å². The summed E-state index contributed by atoms with van der Waals surface area (Å²) in [5.74, 6) is -1.73. The standard InChI is InChI=1S/C18H10F10N2/c19-15-5-10(1-4-13(15)17(23,24)25)8-30(9-16(20,21)22)12-3-2-11(7-29)14(6-12)18(26,27)28/h1-6H,8-9H2. The Kier molecular flexibility index (Phi) is 6.25. The van der Waals surface area contributed by atoms with Crippen molar-refractivity contribution in [1.82, 2.24) is 0 Å². The van der Waals surface area contributed by atoms with Gasteiger partial charge in [-0.2, -0.15) is 44.8 Å². The lowest BCUT2D eigenvalue weighted by Gasteiger charge is -2.27. The van der Waals surface area contributed by atoms with Crippen LogP contribution in [0.15, 0.2) is 36.4 Å². The predicted octanol–water partition coefficient (Wildman–Crippen LogP) is 6.30. The predicted molar refractivity (Wildman–Crippen MR) is 84.7 cm³/mol. The first-order chi connectivity index (χ1) is 13.6. The first-order valence-corrected chi connectivity index (χ1v) is 7.90. The Labute approximate surface area is 162 Å². The molecule has 0 aliphatic carbocycles. The number of benzene rings is 2. The van der Waals surface area contributed by atoms with Gasteiger partial charge < -0.3 is 4.90 Å². The van der Waals surface area contributed by atoms with Gasteiger partial charge in [-0.25, -0.2) is 4.39 Å². The summed E-state index contributed by atoms with van der Waals surface area (Å²) in [6, 6.07) is 4.53. The molecule has 0 bridgehead atoms. The summed E-state index contributed by atoms with van der Waals surface area (Å²) in [7, 11) is 0. The van der Waals surface area contributed by atoms with Gasteiger partial charge in [0.2, 0.25) is 0 Å². The van der Waals surface area contributed by atoms with E-state index in [1.165, 1.54) is 6.07 Å². The highest BCUT2D eigenvalue weighted by atomic mass is 19.4. The van der Waals surface area contributed by atoms with Gasteiger partial charge in [-0.1, -0.05) is 6.07 Å². The second-order valence-electron chi connectivity index (χ2n) is 6.12. The highest BCUT2D eigenvalue weighted by molar-refractivity contribution is 5.55. The lowest BCUT2D eigenvalue weighted by Crippen LogP contribution is -2.34. The summed E-state index contributed by atoms with van der Waals surface area (Å²) >= 11 is 0. The minimum atomic E-state index is -5.04. The van der Waals surface area contributed by atoms with E-state index in [1.807, 2.05) is 0 Å². The Morgan fingerprint density at radius 2 is 1.40 bits per heavy atom. The van der Waals surface area contributed by atoms with Crippen LogP contribution < -0.4 is 4.90 Å². The average Bonchev–Trinajstić information content (AvgIpc) is 2.57. The third-order valence-electron chi connectivity index (χ3n) is 3.88. The van der Waals surface area contributed by atoms with Gasteiger partial charge in [-0.05, 0) is 35.9 Å². The first kappa shape index (κ1) is 23.3. The summed E-state index contributed by atoms with van der Waals surface area (Å²) in [4.78, 5) is 0.387. The molecule has 0 unspecified atom stereocenters. The second-order valence-corrected chi connectivity index (χ2v) is 6.12. The summed E-state index contributed by atoms with van der Waals surface area (Å²) < 4.78 is 130. The van der Waals surface area contributed by atoms with Crippen LogP contribution in [0, 0.1) is 17.1 Å². The monoisotopic (exact) mass is 444 g/mol. The Morgan fingerprint density at radius 1 is 0.800 bits per heavy atom. The van der Waals surface area contributed by atoms with Crippen LogP contribution in [-0.2, 0) is 18.9 Å². The van der Waals surface area contributed by atoms with Crippen molar-refractivity contribution in [2.45, 2.75) is 25.1 Å². The van der Waals surface area contributed by atoms with Gasteiger partial charge in [0.15, 0.2) is 0 Å². The molecule has 0 saturated carbocycles. The Balaban J connectivity index is 2.48. The zero-order valence-electron chi connectivity index (χ0n) is 14.6. The van der Waals surface area contributed by atoms with Crippen molar-refractivity contribution in [3.8, 4) is 6.07 Å². The molecule has 12 heteroatoms. The van der Waals surface area contributed by atoms with Gasteiger partial charge >= 0.3 is 18.5 Å². The van der Waals surface area contributed by atoms with Crippen molar-refractivity contribution in [3.05, 3.63) is 64.5 Å². The largest absolute Gasteiger partial charge is 0.419 e. The van der Waals surface area contributed by atoms with E-state index in [0.717, 1.165) is 12.1 Å². The number of nitriles is 1. The summed E-state index contributed by atoms with van der Waals surface area (Å²) in [5, 5.41) is 8.78. The van der Waals surface area contributed by atoms with Crippen molar-refractivity contribution >= 4 is 5.69 Å². The molecule has 2 aromatic rings. The van der Waals surface area contributed by atoms with Crippen LogP contribution in [0.3, 0.4) is 0 Å². The molecule has 162 valence electrons. The highest BCUT2D eigenvalue weighted by Gasteiger charge is 2.37. The fourth-order valence-corrected chi connectivity index (χ4v) is 2.62. The third kappa shape index (κ3) is 5.77. The molecule has 2 rings (SSSR count). The van der Waals surface area contributed by atoms with E-state index in [0.29, 0.717) is 29.2 Å². The van der Waals surface area contributed by atoms with E-state index in [9.17, 15) is 43.9 Å². The van der Waals surface area contributed by atoms with E-state index in [4.69, 9.17) is 5.26 Å². The molecule has 0 saturated heterocycles. The zero-order valence-corrected chi connectivity index (χ0v) is 14.6. The second kappa shape index (κ2) is 8.04. The molecule has 2 nitrogen and oxygen atoms in total. The number of anilines is 1. The molecule has 0 aliphatic rings. The molecule has 0 heterocycles. The van der Waals surface area contributed by atoms with Crippen molar-refractivity contribution < 1.29 is 43.9 Å². The van der Waals surface area contributed by atoms with E-state index < -0.39 is 59.8 Å². The number of rotatable bonds is 4. The van der Waals surface area contributed by atoms with Gasteiger partial charge in [0.25, 0.3) is 0 Å². The summed E-state index contributed by atoms with van der Waals surface area (Å²) in [6.07, 6.45) is -15.0. The molecule has 0 amide bonds. The number of halogens is 10. The molecular weight excluding hydrogens is 434 g/mol. The van der Waals surface area contributed by atoms with E-state index in [2.05, 4.69) is 0 Å². The quantitative estimate of drug-likeness (QED) is 0.518. The number of nitrogens with zero attached hydrogens (tertiary/aromatic N) is 2. The number of hydrogen-bond donors (Lipinski definition) is 0. The Bertz CT molecular complexity index is 951. The smallest absolute Gasteiger partial charge is 0.358 e. The van der Waals surface area contributed by atoms with Crippen LogP contribution in [0.5, 0.6) is 0 Å². The lowest BCUT2D eigenvalue weighted by atomic mass is 10.1. The average molecular weight is 444 g/mol. The van der Waals surface area contributed by atoms with E-state index in [-0.39, 0.29) is 5.56 Å². The number of hydrogen-bond acceptors (Lipinski definition) is 2. The van der Waals surface area contributed by atoms with Crippen LogP contribution in [0.2, 0.25) is 0 Å². The van der Waals surface area contributed by atoms with E-state index in [1.54, 1.807) is 0 Å². The van der Waals surface area contributed by atoms with Crippen molar-refractivity contribution in [2.24, 2.45) is 0 Å². The van der Waals surface area contributed by atoms with Crippen LogP contribution in [0.1, 0.15) is 22.3 Å². The molecule has 0 spiro atoms. The molecule has 30 heavy (non-hydrogen) atoms. The molecule has 0 aliphatic heterocycles. The maximum Gasteiger partial charge on any atom is 0.419 e. The zero-order chi connectivity index (χ0) is 22.9. The molecule has 0 fully saturated rings. The van der Waals surface area contributed by atoms with Crippen molar-refractivity contribution in [2.75, 3.05) is 11.4 Å². The molecular formula is C18H10F10N2. The SMILES string of the molecule is N#Cc1ccc(N(Cc2ccc(C(F)(F)F)c(F)c2)CC(F)(F)F)cc1C(F)(F)F. The van der Waals surface area contributed by atoms with Crippen molar-refractivity contribution in [3.63, 3.8) is 0 Å². The fourth-order valence-electron chi connectivity index (χ4n) is 2.62. The van der Waals surface area contributed by atoms with Crippen LogP contribution in [0.25, 0.3) is 0 Å². The number of alkyl halides is 9. The van der Waals surface area contributed by atoms with Gasteiger partial charge in [0.05, 0.1) is 22.8 Å². The normalized spacial score (nSPS) is 12.6. The summed E-state index contributed by atoms with van der Waals surface area (Å²) in [5.41, 5.74) is -4.86. The highest BCUT2D eigenvalue weighted by Crippen LogP contribution is 2.36. The molecule has 0 radical (unpaired) electrons. The lowest BCUT2D eigenvalue weighted by molar-refractivity contribution is -0.140. The van der Waals surface area contributed by atoms with Crippen LogP contribution in [-0.4, -0.2) is 12.7 Å². The molecule has 0 atom stereocenters. The third-order valence-corrected chi connectivity index (χ3v) is 3.88. The fraction of sp³-hybridized carbons (Fsp3) is 0.278. The van der Waals surface area contributed by atoms with Gasteiger partial charge in [-0.15, -0.1) is 0 Å². The van der Waals surface area contributed by atoms with Crippen LogP contribution >= 0.6 is 0 Å². The molecule has 0 aromatic heterocycles. The van der Waals surface area contributed by atoms with Crippen LogP contribution in [0.4, 0.5) is 49.6 Å². The Hall–Kier alpha value is -2.97. The van der Waals surface area contributed by atoms with E-state index >= 15 is 0 Å². The maximum atomic E-state index is 13.7. The van der Waals surface area contributed by atoms with Crippen molar-refractivity contribution in [1.29, 1.82) is 5.26 Å². The Morgan fingerprint density at radius 3 is 1.87 bits per heavy atom.